The van der Waals surface area contributed by atoms with E-state index in [1.54, 1.807) is 4.90 Å². The fourth-order valence-corrected chi connectivity index (χ4v) is 5.06. The molecule has 1 saturated heterocycles. The lowest BCUT2D eigenvalue weighted by molar-refractivity contribution is -0.136. The first kappa shape index (κ1) is 20.9. The number of amides is 3. The maximum Gasteiger partial charge on any atom is 0.247 e. The molecule has 2 aromatic carbocycles. The molecule has 30 heavy (non-hydrogen) atoms. The molecular formula is C22H22BrN3O3S. The number of para-hydroxylation sites is 1. The molecular weight excluding hydrogens is 466 g/mol. The predicted molar refractivity (Wildman–Crippen MR) is 122 cm³/mol. The van der Waals surface area contributed by atoms with Crippen molar-refractivity contribution < 1.29 is 14.4 Å². The molecule has 2 aliphatic heterocycles. The Labute approximate surface area is 187 Å². The van der Waals surface area contributed by atoms with Gasteiger partial charge in [0.1, 0.15) is 0 Å². The molecule has 3 amide bonds. The maximum atomic E-state index is 13.1. The van der Waals surface area contributed by atoms with Gasteiger partial charge in [-0.2, -0.15) is 0 Å². The van der Waals surface area contributed by atoms with Gasteiger partial charge in [0.25, 0.3) is 0 Å². The maximum absolute atomic E-state index is 13.1. The van der Waals surface area contributed by atoms with Crippen LogP contribution in [-0.2, 0) is 14.4 Å². The molecule has 0 spiro atoms. The smallest absolute Gasteiger partial charge is 0.247 e. The summed E-state index contributed by atoms with van der Waals surface area (Å²) in [6.07, 6.45) is 1.46. The number of rotatable bonds is 3. The first-order chi connectivity index (χ1) is 14.4. The average Bonchev–Trinajstić information content (AvgIpc) is 2.75. The first-order valence-electron chi connectivity index (χ1n) is 9.85. The van der Waals surface area contributed by atoms with E-state index < -0.39 is 5.25 Å². The van der Waals surface area contributed by atoms with Crippen molar-refractivity contribution in [3.8, 4) is 0 Å². The lowest BCUT2D eigenvalue weighted by atomic mass is 9.96. The molecule has 0 aromatic heterocycles. The number of nitrogens with one attached hydrogen (secondary N) is 2. The lowest BCUT2D eigenvalue weighted by Gasteiger charge is -2.35. The van der Waals surface area contributed by atoms with Crippen LogP contribution in [0.15, 0.2) is 51.8 Å². The van der Waals surface area contributed by atoms with Crippen molar-refractivity contribution in [1.82, 2.24) is 4.90 Å². The summed E-state index contributed by atoms with van der Waals surface area (Å²) in [4.78, 5) is 40.9. The van der Waals surface area contributed by atoms with E-state index in [9.17, 15) is 14.4 Å². The standard InChI is InChI=1S/C22H22BrN3O3S/c1-13-11-15(8-9-16(13)23)24-20(27)14-5-4-10-26(12-14)22(29)19-21(28)25-17-6-2-3-7-18(17)30-19/h2-3,6-9,11,14,19H,4-5,10,12H2,1H3,(H,24,27)(H,25,28)/t14-,19-/m0/s1. The molecule has 0 saturated carbocycles. The highest BCUT2D eigenvalue weighted by Crippen LogP contribution is 2.36. The molecule has 2 N–H and O–H groups in total. The van der Waals surface area contributed by atoms with E-state index in [-0.39, 0.29) is 23.6 Å². The molecule has 0 bridgehead atoms. The van der Waals surface area contributed by atoms with Crippen LogP contribution in [0.1, 0.15) is 18.4 Å². The molecule has 6 nitrogen and oxygen atoms in total. The topological polar surface area (TPSA) is 78.5 Å². The average molecular weight is 488 g/mol. The first-order valence-corrected chi connectivity index (χ1v) is 11.5. The number of likely N-dealkylation sites (tertiary alicyclic amines) is 1. The van der Waals surface area contributed by atoms with Gasteiger partial charge in [-0.25, -0.2) is 0 Å². The fourth-order valence-electron chi connectivity index (χ4n) is 3.74. The van der Waals surface area contributed by atoms with Crippen LogP contribution in [0, 0.1) is 12.8 Å². The number of thioether (sulfide) groups is 1. The van der Waals surface area contributed by atoms with E-state index in [0.29, 0.717) is 13.1 Å². The van der Waals surface area contributed by atoms with E-state index in [2.05, 4.69) is 26.6 Å². The summed E-state index contributed by atoms with van der Waals surface area (Å²) < 4.78 is 0.986. The third kappa shape index (κ3) is 4.39. The van der Waals surface area contributed by atoms with Gasteiger partial charge in [0.15, 0.2) is 5.25 Å². The molecule has 1 fully saturated rings. The quantitative estimate of drug-likeness (QED) is 0.640. The summed E-state index contributed by atoms with van der Waals surface area (Å²) in [7, 11) is 0. The van der Waals surface area contributed by atoms with E-state index >= 15 is 0 Å². The van der Waals surface area contributed by atoms with Gasteiger partial charge in [-0.3, -0.25) is 14.4 Å². The molecule has 2 aliphatic rings. The summed E-state index contributed by atoms with van der Waals surface area (Å²) in [5.74, 6) is -0.930. The fraction of sp³-hybridized carbons (Fsp3) is 0.318. The van der Waals surface area contributed by atoms with Crippen molar-refractivity contribution in [1.29, 1.82) is 0 Å². The monoisotopic (exact) mass is 487 g/mol. The largest absolute Gasteiger partial charge is 0.340 e. The van der Waals surface area contributed by atoms with Crippen molar-refractivity contribution in [3.63, 3.8) is 0 Å². The molecule has 0 unspecified atom stereocenters. The van der Waals surface area contributed by atoms with Crippen molar-refractivity contribution in [2.24, 2.45) is 5.92 Å². The molecule has 2 heterocycles. The zero-order valence-electron chi connectivity index (χ0n) is 16.5. The number of piperidine rings is 1. The Morgan fingerprint density at radius 1 is 1.23 bits per heavy atom. The number of nitrogens with zero attached hydrogens (tertiary/aromatic N) is 1. The Morgan fingerprint density at radius 2 is 2.03 bits per heavy atom. The van der Waals surface area contributed by atoms with Gasteiger partial charge in [0, 0.05) is 28.1 Å². The molecule has 2 atom stereocenters. The van der Waals surface area contributed by atoms with Gasteiger partial charge < -0.3 is 15.5 Å². The lowest BCUT2D eigenvalue weighted by Crippen LogP contribution is -2.50. The summed E-state index contributed by atoms with van der Waals surface area (Å²) in [6.45, 7) is 2.85. The van der Waals surface area contributed by atoms with Gasteiger partial charge in [-0.1, -0.05) is 28.1 Å². The Hall–Kier alpha value is -2.32. The number of hydrogen-bond acceptors (Lipinski definition) is 4. The zero-order chi connectivity index (χ0) is 21.3. The number of fused-ring (bicyclic) bond motifs is 1. The summed E-state index contributed by atoms with van der Waals surface area (Å²) in [5, 5.41) is 4.95. The Kier molecular flexibility index (Phi) is 6.15. The second-order valence-corrected chi connectivity index (χ2v) is 9.56. The number of aryl methyl sites for hydroxylation is 1. The Balaban J connectivity index is 1.42. The number of hydrogen-bond donors (Lipinski definition) is 2. The second-order valence-electron chi connectivity index (χ2n) is 7.56. The van der Waals surface area contributed by atoms with Gasteiger partial charge in [-0.15, -0.1) is 11.8 Å². The van der Waals surface area contributed by atoms with E-state index in [1.165, 1.54) is 11.8 Å². The summed E-state index contributed by atoms with van der Waals surface area (Å²) in [5.41, 5.74) is 2.51. The van der Waals surface area contributed by atoms with E-state index in [4.69, 9.17) is 0 Å². The molecule has 8 heteroatoms. The minimum atomic E-state index is -0.823. The third-order valence-electron chi connectivity index (χ3n) is 5.38. The van der Waals surface area contributed by atoms with Crippen molar-refractivity contribution in [3.05, 3.63) is 52.5 Å². The normalized spacial score (nSPS) is 20.9. The third-order valence-corrected chi connectivity index (χ3v) is 7.53. The Morgan fingerprint density at radius 3 is 2.83 bits per heavy atom. The summed E-state index contributed by atoms with van der Waals surface area (Å²) in [6, 6.07) is 13.1. The van der Waals surface area contributed by atoms with Gasteiger partial charge in [0.05, 0.1) is 11.6 Å². The van der Waals surface area contributed by atoms with Crippen molar-refractivity contribution in [2.75, 3.05) is 23.7 Å². The van der Waals surface area contributed by atoms with Crippen LogP contribution in [0.25, 0.3) is 0 Å². The zero-order valence-corrected chi connectivity index (χ0v) is 18.9. The van der Waals surface area contributed by atoms with Crippen LogP contribution in [-0.4, -0.2) is 41.0 Å². The highest BCUT2D eigenvalue weighted by atomic mass is 79.9. The molecule has 4 rings (SSSR count). The van der Waals surface area contributed by atoms with Crippen LogP contribution in [0.4, 0.5) is 11.4 Å². The van der Waals surface area contributed by atoms with Crippen LogP contribution in [0.3, 0.4) is 0 Å². The number of carbonyl (C=O) groups is 3. The second kappa shape index (κ2) is 8.81. The molecule has 0 aliphatic carbocycles. The number of anilines is 2. The number of halogens is 1. The highest BCUT2D eigenvalue weighted by molar-refractivity contribution is 9.10. The van der Waals surface area contributed by atoms with Gasteiger partial charge in [0.2, 0.25) is 17.7 Å². The Bertz CT molecular complexity index is 1010. The van der Waals surface area contributed by atoms with Gasteiger partial charge >= 0.3 is 0 Å². The van der Waals surface area contributed by atoms with Gasteiger partial charge in [-0.05, 0) is 55.7 Å². The summed E-state index contributed by atoms with van der Waals surface area (Å²) >= 11 is 4.73. The highest BCUT2D eigenvalue weighted by Gasteiger charge is 2.38. The van der Waals surface area contributed by atoms with Crippen LogP contribution < -0.4 is 10.6 Å². The predicted octanol–water partition coefficient (Wildman–Crippen LogP) is 4.05. The van der Waals surface area contributed by atoms with E-state index in [1.807, 2.05) is 49.4 Å². The van der Waals surface area contributed by atoms with Crippen molar-refractivity contribution >= 4 is 56.8 Å². The number of carbonyl (C=O) groups excluding carboxylic acids is 3. The molecule has 2 aromatic rings. The minimum Gasteiger partial charge on any atom is -0.340 e. The van der Waals surface area contributed by atoms with Crippen LogP contribution in [0.2, 0.25) is 0 Å². The number of benzene rings is 2. The van der Waals surface area contributed by atoms with E-state index in [0.717, 1.165) is 39.1 Å². The SMILES string of the molecule is Cc1cc(NC(=O)[C@H]2CCCN(C(=O)[C@H]3Sc4ccccc4NC3=O)C2)ccc1Br. The molecule has 156 valence electrons. The van der Waals surface area contributed by atoms with Crippen LogP contribution >= 0.6 is 27.7 Å². The molecule has 0 radical (unpaired) electrons. The minimum absolute atomic E-state index is 0.0969. The van der Waals surface area contributed by atoms with Crippen molar-refractivity contribution in [2.45, 2.75) is 29.9 Å². The van der Waals surface area contributed by atoms with Crippen LogP contribution in [0.5, 0.6) is 0 Å².